The highest BCUT2D eigenvalue weighted by Crippen LogP contribution is 2.37. The molecule has 2 unspecified atom stereocenters. The van der Waals surface area contributed by atoms with E-state index in [2.05, 4.69) is 54.5 Å². The van der Waals surface area contributed by atoms with Crippen LogP contribution in [-0.4, -0.2) is 5.11 Å². The predicted molar refractivity (Wildman–Crippen MR) is 120 cm³/mol. The molecule has 0 radical (unpaired) electrons. The second-order valence-electron chi connectivity index (χ2n) is 10.8. The van der Waals surface area contributed by atoms with Crippen LogP contribution < -0.4 is 0 Å². The van der Waals surface area contributed by atoms with Crippen molar-refractivity contribution in [1.29, 1.82) is 0 Å². The average molecular weight is 375 g/mol. The van der Waals surface area contributed by atoms with Crippen molar-refractivity contribution in [2.75, 3.05) is 0 Å². The van der Waals surface area contributed by atoms with E-state index in [1.807, 2.05) is 12.1 Å². The highest BCUT2D eigenvalue weighted by molar-refractivity contribution is 5.27. The summed E-state index contributed by atoms with van der Waals surface area (Å²) in [6.07, 6.45) is 11.8. The molecule has 0 aliphatic rings. The Labute approximate surface area is 170 Å². The van der Waals surface area contributed by atoms with Gasteiger partial charge in [0.1, 0.15) is 5.75 Å². The highest BCUT2D eigenvalue weighted by atomic mass is 16.3. The number of aromatic hydroxyl groups is 1. The molecule has 1 nitrogen and oxygen atoms in total. The van der Waals surface area contributed by atoms with Gasteiger partial charge in [-0.05, 0) is 72.5 Å². The quantitative estimate of drug-likeness (QED) is 0.385. The number of benzene rings is 1. The molecule has 0 aromatic heterocycles. The molecule has 156 valence electrons. The van der Waals surface area contributed by atoms with Gasteiger partial charge in [0.15, 0.2) is 0 Å². The second kappa shape index (κ2) is 11.1. The van der Waals surface area contributed by atoms with Gasteiger partial charge in [0.2, 0.25) is 0 Å². The number of hydrogen-bond donors (Lipinski definition) is 1. The monoisotopic (exact) mass is 374 g/mol. The lowest BCUT2D eigenvalue weighted by molar-refractivity contribution is 0.185. The molecule has 1 aromatic carbocycles. The smallest absolute Gasteiger partial charge is 0.115 e. The van der Waals surface area contributed by atoms with Gasteiger partial charge >= 0.3 is 0 Å². The van der Waals surface area contributed by atoms with E-state index in [1.54, 1.807) is 6.07 Å². The normalized spacial score (nSPS) is 14.9. The first-order valence-corrected chi connectivity index (χ1v) is 11.3. The zero-order valence-corrected chi connectivity index (χ0v) is 19.3. The minimum absolute atomic E-state index is 0.350. The third-order valence-electron chi connectivity index (χ3n) is 6.40. The zero-order valence-electron chi connectivity index (χ0n) is 19.3. The predicted octanol–water partition coefficient (Wildman–Crippen LogP) is 8.40. The first-order chi connectivity index (χ1) is 12.5. The number of phenols is 1. The highest BCUT2D eigenvalue weighted by Gasteiger charge is 2.26. The molecule has 1 heteroatoms. The van der Waals surface area contributed by atoms with Crippen molar-refractivity contribution in [3.05, 3.63) is 29.8 Å². The van der Waals surface area contributed by atoms with Gasteiger partial charge in [-0.3, -0.25) is 0 Å². The maximum atomic E-state index is 9.69. The topological polar surface area (TPSA) is 20.2 Å². The average Bonchev–Trinajstić information content (AvgIpc) is 2.54. The minimum Gasteiger partial charge on any atom is -0.508 e. The summed E-state index contributed by atoms with van der Waals surface area (Å²) in [5, 5.41) is 9.69. The van der Waals surface area contributed by atoms with Gasteiger partial charge in [-0.1, -0.05) is 86.3 Å². The Kier molecular flexibility index (Phi) is 9.91. The van der Waals surface area contributed by atoms with Gasteiger partial charge < -0.3 is 5.11 Å². The number of rotatable bonds is 11. The summed E-state index contributed by atoms with van der Waals surface area (Å²) in [7, 11) is 0. The van der Waals surface area contributed by atoms with Crippen LogP contribution in [0.25, 0.3) is 0 Å². The van der Waals surface area contributed by atoms with Crippen LogP contribution in [0.5, 0.6) is 5.75 Å². The first-order valence-electron chi connectivity index (χ1n) is 11.3. The van der Waals surface area contributed by atoms with Crippen LogP contribution in [0, 0.1) is 22.7 Å². The summed E-state index contributed by atoms with van der Waals surface area (Å²) in [6, 6.07) is 7.77. The lowest BCUT2D eigenvalue weighted by atomic mass is 9.73. The van der Waals surface area contributed by atoms with E-state index in [0.29, 0.717) is 16.6 Å². The van der Waals surface area contributed by atoms with Gasteiger partial charge in [0.05, 0.1) is 0 Å². The van der Waals surface area contributed by atoms with Crippen molar-refractivity contribution >= 4 is 0 Å². The Morgan fingerprint density at radius 1 is 0.778 bits per heavy atom. The van der Waals surface area contributed by atoms with Gasteiger partial charge in [0.25, 0.3) is 0 Å². The van der Waals surface area contributed by atoms with E-state index in [9.17, 15) is 5.11 Å². The SMILES string of the molecule is CCCCC(CCCCC(CCc1cccc(O)c1)C(C)(C)C)C(C)(C)C. The third kappa shape index (κ3) is 9.67. The number of unbranched alkanes of at least 4 members (excludes halogenated alkanes) is 2. The molecular formula is C26H46O. The Morgan fingerprint density at radius 3 is 1.78 bits per heavy atom. The molecule has 27 heavy (non-hydrogen) atoms. The number of aryl methyl sites for hydroxylation is 1. The van der Waals surface area contributed by atoms with Crippen LogP contribution in [-0.2, 0) is 6.42 Å². The molecule has 0 amide bonds. The Morgan fingerprint density at radius 2 is 1.30 bits per heavy atom. The standard InChI is InChI=1S/C26H46O/c1-8-9-14-22(25(2,3)4)15-10-11-16-23(26(5,6)7)19-18-21-13-12-17-24(27)20-21/h12-13,17,20,22-23,27H,8-11,14-16,18-19H2,1-7H3. The molecule has 2 atom stereocenters. The minimum atomic E-state index is 0.350. The van der Waals surface area contributed by atoms with E-state index in [1.165, 1.54) is 56.9 Å². The van der Waals surface area contributed by atoms with Crippen LogP contribution >= 0.6 is 0 Å². The largest absolute Gasteiger partial charge is 0.508 e. The Balaban J connectivity index is 2.50. The van der Waals surface area contributed by atoms with Crippen molar-refractivity contribution in [2.24, 2.45) is 22.7 Å². The Hall–Kier alpha value is -0.980. The van der Waals surface area contributed by atoms with Gasteiger partial charge in [-0.15, -0.1) is 0 Å². The fourth-order valence-electron chi connectivity index (χ4n) is 4.31. The molecule has 0 fully saturated rings. The fraction of sp³-hybridized carbons (Fsp3) is 0.769. The van der Waals surface area contributed by atoms with Gasteiger partial charge in [-0.25, -0.2) is 0 Å². The molecule has 1 rings (SSSR count). The molecule has 0 spiro atoms. The van der Waals surface area contributed by atoms with Crippen molar-refractivity contribution in [3.63, 3.8) is 0 Å². The molecule has 0 aliphatic carbocycles. The lowest BCUT2D eigenvalue weighted by Gasteiger charge is -2.33. The van der Waals surface area contributed by atoms with E-state index in [4.69, 9.17) is 0 Å². The summed E-state index contributed by atoms with van der Waals surface area (Å²) in [5.41, 5.74) is 2.05. The van der Waals surface area contributed by atoms with Gasteiger partial charge in [0, 0.05) is 0 Å². The van der Waals surface area contributed by atoms with E-state index >= 15 is 0 Å². The van der Waals surface area contributed by atoms with Crippen molar-refractivity contribution in [3.8, 4) is 5.75 Å². The summed E-state index contributed by atoms with van der Waals surface area (Å²) < 4.78 is 0. The molecule has 0 bridgehead atoms. The molecular weight excluding hydrogens is 328 g/mol. The van der Waals surface area contributed by atoms with Crippen LogP contribution in [0.2, 0.25) is 0 Å². The molecule has 0 heterocycles. The second-order valence-corrected chi connectivity index (χ2v) is 10.8. The molecule has 0 aliphatic heterocycles. The van der Waals surface area contributed by atoms with Crippen LogP contribution in [0.3, 0.4) is 0 Å². The first kappa shape index (κ1) is 24.1. The summed E-state index contributed by atoms with van der Waals surface area (Å²) in [4.78, 5) is 0. The van der Waals surface area contributed by atoms with E-state index < -0.39 is 0 Å². The van der Waals surface area contributed by atoms with Crippen molar-refractivity contribution < 1.29 is 5.11 Å². The van der Waals surface area contributed by atoms with Crippen molar-refractivity contribution in [1.82, 2.24) is 0 Å². The van der Waals surface area contributed by atoms with Crippen LogP contribution in [0.4, 0.5) is 0 Å². The zero-order chi connectivity index (χ0) is 20.5. The van der Waals surface area contributed by atoms with Crippen LogP contribution in [0.15, 0.2) is 24.3 Å². The van der Waals surface area contributed by atoms with Crippen LogP contribution in [0.1, 0.15) is 105 Å². The molecule has 0 saturated carbocycles. The third-order valence-corrected chi connectivity index (χ3v) is 6.40. The van der Waals surface area contributed by atoms with Gasteiger partial charge in [-0.2, -0.15) is 0 Å². The van der Waals surface area contributed by atoms with E-state index in [-0.39, 0.29) is 0 Å². The maximum absolute atomic E-state index is 9.69. The Bertz CT molecular complexity index is 518. The summed E-state index contributed by atoms with van der Waals surface area (Å²) in [5.74, 6) is 1.99. The maximum Gasteiger partial charge on any atom is 0.115 e. The lowest BCUT2D eigenvalue weighted by Crippen LogP contribution is -2.22. The molecule has 1 N–H and O–H groups in total. The molecule has 0 saturated heterocycles. The summed E-state index contributed by atoms with van der Waals surface area (Å²) >= 11 is 0. The van der Waals surface area contributed by atoms with E-state index in [0.717, 1.165) is 18.3 Å². The van der Waals surface area contributed by atoms with Crippen molar-refractivity contribution in [2.45, 2.75) is 106 Å². The fourth-order valence-corrected chi connectivity index (χ4v) is 4.31. The summed E-state index contributed by atoms with van der Waals surface area (Å²) in [6.45, 7) is 16.7. The number of phenolic OH excluding ortho intramolecular Hbond substituents is 1. The number of hydrogen-bond acceptors (Lipinski definition) is 1. The molecule has 1 aromatic rings.